The fourth-order valence-electron chi connectivity index (χ4n) is 3.49. The van der Waals surface area contributed by atoms with Gasteiger partial charge in [0.15, 0.2) is 0 Å². The highest BCUT2D eigenvalue weighted by atomic mass is 16.3. The maximum atomic E-state index is 12.9. The SMILES string of the molecule is Cc1ccc(N2C(=O)C[C@@H](c3ccco3)[C@@H]3C=CC=CC=C32)cc1. The average molecular weight is 317 g/mol. The standard InChI is InChI=1S/C21H19NO2/c1-15-9-11-16(12-10-15)22-19-7-4-2-3-6-17(19)18(14-21(22)23)20-8-5-13-24-20/h2-13,17-18H,14H2,1H3/t17-,18+/m0/s1. The second-order valence-electron chi connectivity index (χ2n) is 6.28. The lowest BCUT2D eigenvalue weighted by Crippen LogP contribution is -2.41. The summed E-state index contributed by atoms with van der Waals surface area (Å²) >= 11 is 0. The van der Waals surface area contributed by atoms with E-state index in [4.69, 9.17) is 4.42 Å². The van der Waals surface area contributed by atoms with E-state index in [0.29, 0.717) is 6.42 Å². The molecule has 0 saturated carbocycles. The van der Waals surface area contributed by atoms with Gasteiger partial charge in [-0.3, -0.25) is 9.69 Å². The van der Waals surface area contributed by atoms with Gasteiger partial charge in [-0.2, -0.15) is 0 Å². The summed E-state index contributed by atoms with van der Waals surface area (Å²) in [5.74, 6) is 1.13. The molecule has 2 heterocycles. The van der Waals surface area contributed by atoms with Gasteiger partial charge < -0.3 is 4.42 Å². The smallest absolute Gasteiger partial charge is 0.232 e. The van der Waals surface area contributed by atoms with E-state index < -0.39 is 0 Å². The van der Waals surface area contributed by atoms with Crippen LogP contribution in [0.15, 0.2) is 83.2 Å². The molecule has 1 fully saturated rings. The summed E-state index contributed by atoms with van der Waals surface area (Å²) in [6.07, 6.45) is 12.4. The minimum Gasteiger partial charge on any atom is -0.469 e. The number of allylic oxidation sites excluding steroid dienone is 5. The number of anilines is 1. The first-order valence-electron chi connectivity index (χ1n) is 8.22. The van der Waals surface area contributed by atoms with Gasteiger partial charge in [-0.15, -0.1) is 0 Å². The van der Waals surface area contributed by atoms with Gasteiger partial charge in [-0.05, 0) is 37.3 Å². The molecular formula is C21H19NO2. The summed E-state index contributed by atoms with van der Waals surface area (Å²) in [7, 11) is 0. The van der Waals surface area contributed by atoms with E-state index in [0.717, 1.165) is 17.1 Å². The average Bonchev–Trinajstić information content (AvgIpc) is 3.01. The third-order valence-corrected chi connectivity index (χ3v) is 4.69. The van der Waals surface area contributed by atoms with Crippen LogP contribution in [-0.2, 0) is 4.79 Å². The van der Waals surface area contributed by atoms with Crippen molar-refractivity contribution < 1.29 is 9.21 Å². The van der Waals surface area contributed by atoms with Crippen LogP contribution in [0, 0.1) is 12.8 Å². The van der Waals surface area contributed by atoms with E-state index in [2.05, 4.69) is 6.08 Å². The lowest BCUT2D eigenvalue weighted by molar-refractivity contribution is -0.119. The summed E-state index contributed by atoms with van der Waals surface area (Å²) in [5.41, 5.74) is 3.10. The maximum Gasteiger partial charge on any atom is 0.232 e. The summed E-state index contributed by atoms with van der Waals surface area (Å²) in [5, 5.41) is 0. The van der Waals surface area contributed by atoms with Crippen molar-refractivity contribution in [3.63, 3.8) is 0 Å². The summed E-state index contributed by atoms with van der Waals surface area (Å²) in [6.45, 7) is 2.05. The molecule has 2 aromatic rings. The fraction of sp³-hybridized carbons (Fsp3) is 0.190. The van der Waals surface area contributed by atoms with Crippen molar-refractivity contribution in [2.75, 3.05) is 4.90 Å². The third kappa shape index (κ3) is 2.52. The quantitative estimate of drug-likeness (QED) is 0.802. The predicted molar refractivity (Wildman–Crippen MR) is 94.6 cm³/mol. The number of benzene rings is 1. The predicted octanol–water partition coefficient (Wildman–Crippen LogP) is 4.73. The number of piperidine rings is 1. The van der Waals surface area contributed by atoms with Crippen molar-refractivity contribution in [1.82, 2.24) is 0 Å². The second kappa shape index (κ2) is 6.00. The van der Waals surface area contributed by atoms with Gasteiger partial charge in [-0.25, -0.2) is 0 Å². The highest BCUT2D eigenvalue weighted by Crippen LogP contribution is 2.43. The lowest BCUT2D eigenvalue weighted by Gasteiger charge is -2.38. The van der Waals surface area contributed by atoms with E-state index in [9.17, 15) is 4.79 Å². The first-order chi connectivity index (χ1) is 11.7. The first kappa shape index (κ1) is 14.8. The van der Waals surface area contributed by atoms with Crippen LogP contribution < -0.4 is 4.90 Å². The molecule has 3 heteroatoms. The number of furan rings is 1. The van der Waals surface area contributed by atoms with Gasteiger partial charge >= 0.3 is 0 Å². The van der Waals surface area contributed by atoms with Gasteiger partial charge in [0.2, 0.25) is 5.91 Å². The Morgan fingerprint density at radius 1 is 1.08 bits per heavy atom. The molecule has 1 aromatic heterocycles. The number of rotatable bonds is 2. The molecule has 1 aliphatic heterocycles. The number of hydrogen-bond donors (Lipinski definition) is 0. The van der Waals surface area contributed by atoms with Crippen LogP contribution in [-0.4, -0.2) is 5.91 Å². The minimum absolute atomic E-state index is 0.0385. The van der Waals surface area contributed by atoms with Crippen LogP contribution in [0.1, 0.15) is 23.7 Å². The largest absolute Gasteiger partial charge is 0.469 e. The Kier molecular flexibility index (Phi) is 3.69. The zero-order chi connectivity index (χ0) is 16.5. The maximum absolute atomic E-state index is 12.9. The van der Waals surface area contributed by atoms with E-state index in [1.807, 2.05) is 72.5 Å². The molecule has 2 atom stereocenters. The van der Waals surface area contributed by atoms with Gasteiger partial charge in [0.05, 0.1) is 6.26 Å². The van der Waals surface area contributed by atoms with Crippen molar-refractivity contribution in [3.05, 3.63) is 90.1 Å². The van der Waals surface area contributed by atoms with Crippen LogP contribution >= 0.6 is 0 Å². The normalized spacial score (nSPS) is 23.0. The molecule has 2 aliphatic rings. The molecule has 0 unspecified atom stereocenters. The molecule has 24 heavy (non-hydrogen) atoms. The molecule has 1 amide bonds. The van der Waals surface area contributed by atoms with E-state index in [1.165, 1.54) is 5.56 Å². The molecule has 1 aliphatic carbocycles. The van der Waals surface area contributed by atoms with Crippen molar-refractivity contribution in [2.24, 2.45) is 5.92 Å². The summed E-state index contributed by atoms with van der Waals surface area (Å²) in [6, 6.07) is 11.9. The third-order valence-electron chi connectivity index (χ3n) is 4.69. The molecule has 1 aromatic carbocycles. The van der Waals surface area contributed by atoms with Gasteiger partial charge in [-0.1, -0.05) is 42.0 Å². The Bertz CT molecular complexity index is 825. The Balaban J connectivity index is 1.79. The number of aryl methyl sites for hydroxylation is 1. The molecule has 120 valence electrons. The van der Waals surface area contributed by atoms with E-state index in [1.54, 1.807) is 6.26 Å². The number of amides is 1. The monoisotopic (exact) mass is 317 g/mol. The van der Waals surface area contributed by atoms with E-state index >= 15 is 0 Å². The first-order valence-corrected chi connectivity index (χ1v) is 8.22. The lowest BCUT2D eigenvalue weighted by atomic mass is 9.80. The molecule has 1 saturated heterocycles. The fourth-order valence-corrected chi connectivity index (χ4v) is 3.49. The number of nitrogens with zero attached hydrogens (tertiary/aromatic N) is 1. The van der Waals surface area contributed by atoms with Crippen molar-refractivity contribution >= 4 is 11.6 Å². The number of carbonyl (C=O) groups is 1. The molecule has 4 rings (SSSR count). The highest BCUT2D eigenvalue weighted by molar-refractivity contribution is 5.98. The number of fused-ring (bicyclic) bond motifs is 1. The molecular weight excluding hydrogens is 298 g/mol. The van der Waals surface area contributed by atoms with Crippen LogP contribution in [0.4, 0.5) is 5.69 Å². The molecule has 0 N–H and O–H groups in total. The Morgan fingerprint density at radius 2 is 1.92 bits per heavy atom. The van der Waals surface area contributed by atoms with Crippen LogP contribution in [0.5, 0.6) is 0 Å². The van der Waals surface area contributed by atoms with Crippen LogP contribution in [0.25, 0.3) is 0 Å². The van der Waals surface area contributed by atoms with Crippen LogP contribution in [0.3, 0.4) is 0 Å². The molecule has 0 bridgehead atoms. The van der Waals surface area contributed by atoms with Gasteiger partial charge in [0.1, 0.15) is 5.76 Å². The highest BCUT2D eigenvalue weighted by Gasteiger charge is 2.39. The number of carbonyl (C=O) groups excluding carboxylic acids is 1. The Hall–Kier alpha value is -2.81. The van der Waals surface area contributed by atoms with Crippen molar-refractivity contribution in [2.45, 2.75) is 19.3 Å². The van der Waals surface area contributed by atoms with E-state index in [-0.39, 0.29) is 17.7 Å². The number of hydrogen-bond acceptors (Lipinski definition) is 2. The molecule has 3 nitrogen and oxygen atoms in total. The molecule has 0 spiro atoms. The minimum atomic E-state index is 0.0385. The molecule has 0 radical (unpaired) electrons. The van der Waals surface area contributed by atoms with Crippen molar-refractivity contribution in [3.8, 4) is 0 Å². The zero-order valence-electron chi connectivity index (χ0n) is 13.6. The van der Waals surface area contributed by atoms with Crippen LogP contribution in [0.2, 0.25) is 0 Å². The Labute approximate surface area is 141 Å². The van der Waals surface area contributed by atoms with Gasteiger partial charge in [0, 0.05) is 29.6 Å². The van der Waals surface area contributed by atoms with Gasteiger partial charge in [0.25, 0.3) is 0 Å². The second-order valence-corrected chi connectivity index (χ2v) is 6.28. The summed E-state index contributed by atoms with van der Waals surface area (Å²) < 4.78 is 5.62. The summed E-state index contributed by atoms with van der Waals surface area (Å²) in [4.78, 5) is 14.8. The van der Waals surface area contributed by atoms with Crippen molar-refractivity contribution in [1.29, 1.82) is 0 Å². The zero-order valence-corrected chi connectivity index (χ0v) is 13.6. The topological polar surface area (TPSA) is 33.5 Å². The Morgan fingerprint density at radius 3 is 2.67 bits per heavy atom.